The monoisotopic (exact) mass is 407 g/mol. The average molecular weight is 408 g/mol. The predicted molar refractivity (Wildman–Crippen MR) is 122 cm³/mol. The number of benzene rings is 2. The van der Waals surface area contributed by atoms with Crippen LogP contribution in [0.5, 0.6) is 5.75 Å². The zero-order valence-corrected chi connectivity index (χ0v) is 19.0. The van der Waals surface area contributed by atoms with Gasteiger partial charge in [-0.3, -0.25) is 9.69 Å². The minimum atomic E-state index is -0.0931. The fraction of sp³-hybridized carbons (Fsp3) is 0.440. The van der Waals surface area contributed by atoms with Crippen LogP contribution in [0.2, 0.25) is 0 Å². The van der Waals surface area contributed by atoms with Crippen LogP contribution >= 0.6 is 0 Å². The SMILES string of the molecule is CCN(CC(=O)N1N=C(c2cccc(OC)c2)CC1c1cc(C)ccc1C)C(C)C. The molecule has 0 saturated carbocycles. The van der Waals surface area contributed by atoms with Gasteiger partial charge in [0.15, 0.2) is 0 Å². The molecule has 1 unspecified atom stereocenters. The molecule has 0 fully saturated rings. The zero-order chi connectivity index (χ0) is 21.8. The van der Waals surface area contributed by atoms with Crippen molar-refractivity contribution in [2.75, 3.05) is 20.2 Å². The van der Waals surface area contributed by atoms with E-state index in [1.807, 2.05) is 24.3 Å². The Morgan fingerprint density at radius 3 is 2.67 bits per heavy atom. The Morgan fingerprint density at radius 1 is 1.23 bits per heavy atom. The van der Waals surface area contributed by atoms with Crippen molar-refractivity contribution in [3.8, 4) is 5.75 Å². The van der Waals surface area contributed by atoms with E-state index in [-0.39, 0.29) is 11.9 Å². The molecule has 3 rings (SSSR count). The summed E-state index contributed by atoms with van der Waals surface area (Å²) in [5.74, 6) is 0.828. The van der Waals surface area contributed by atoms with Gasteiger partial charge in [-0.15, -0.1) is 0 Å². The number of likely N-dealkylation sites (N-methyl/N-ethyl adjacent to an activating group) is 1. The van der Waals surface area contributed by atoms with Gasteiger partial charge in [0.2, 0.25) is 0 Å². The molecule has 5 heteroatoms. The van der Waals surface area contributed by atoms with Crippen molar-refractivity contribution in [3.63, 3.8) is 0 Å². The maximum absolute atomic E-state index is 13.4. The fourth-order valence-corrected chi connectivity index (χ4v) is 3.98. The van der Waals surface area contributed by atoms with Crippen LogP contribution in [0.15, 0.2) is 47.6 Å². The van der Waals surface area contributed by atoms with Crippen LogP contribution in [0.4, 0.5) is 0 Å². The van der Waals surface area contributed by atoms with E-state index < -0.39 is 0 Å². The number of aryl methyl sites for hydroxylation is 2. The highest BCUT2D eigenvalue weighted by Crippen LogP contribution is 2.35. The number of hydrogen-bond acceptors (Lipinski definition) is 4. The van der Waals surface area contributed by atoms with Crippen molar-refractivity contribution in [1.82, 2.24) is 9.91 Å². The Morgan fingerprint density at radius 2 is 2.00 bits per heavy atom. The van der Waals surface area contributed by atoms with E-state index in [2.05, 4.69) is 57.7 Å². The number of carbonyl (C=O) groups excluding carboxylic acids is 1. The zero-order valence-electron chi connectivity index (χ0n) is 19.0. The number of hydrazone groups is 1. The van der Waals surface area contributed by atoms with E-state index in [0.717, 1.165) is 29.1 Å². The Bertz CT molecular complexity index is 936. The quantitative estimate of drug-likeness (QED) is 0.667. The molecule has 0 spiro atoms. The summed E-state index contributed by atoms with van der Waals surface area (Å²) in [6.45, 7) is 11.7. The summed E-state index contributed by atoms with van der Waals surface area (Å²) in [4.78, 5) is 15.5. The second-order valence-electron chi connectivity index (χ2n) is 8.25. The third-order valence-corrected chi connectivity index (χ3v) is 5.84. The molecule has 1 heterocycles. The first-order chi connectivity index (χ1) is 14.3. The van der Waals surface area contributed by atoms with Crippen LogP contribution in [-0.4, -0.2) is 47.8 Å². The van der Waals surface area contributed by atoms with E-state index in [1.165, 1.54) is 11.1 Å². The molecule has 0 N–H and O–H groups in total. The molecule has 0 saturated heterocycles. The Hall–Kier alpha value is -2.66. The number of hydrogen-bond donors (Lipinski definition) is 0. The van der Waals surface area contributed by atoms with Gasteiger partial charge in [0.25, 0.3) is 5.91 Å². The predicted octanol–water partition coefficient (Wildman–Crippen LogP) is 4.72. The number of carbonyl (C=O) groups is 1. The van der Waals surface area contributed by atoms with Crippen LogP contribution in [0.3, 0.4) is 0 Å². The van der Waals surface area contributed by atoms with Gasteiger partial charge in [-0.05, 0) is 57.5 Å². The smallest absolute Gasteiger partial charge is 0.257 e. The highest BCUT2D eigenvalue weighted by atomic mass is 16.5. The third kappa shape index (κ3) is 4.73. The standard InChI is InChI=1S/C25H33N3O2/c1-7-27(17(2)3)16-25(29)28-24(22-13-18(4)11-12-19(22)5)15-23(26-28)20-9-8-10-21(14-20)30-6/h8-14,17,24H,7,15-16H2,1-6H3. The van der Waals surface area contributed by atoms with Crippen LogP contribution in [0.25, 0.3) is 0 Å². The summed E-state index contributed by atoms with van der Waals surface area (Å²) in [5, 5.41) is 6.54. The molecule has 160 valence electrons. The lowest BCUT2D eigenvalue weighted by Gasteiger charge is -2.29. The molecule has 2 aromatic carbocycles. The van der Waals surface area contributed by atoms with Gasteiger partial charge >= 0.3 is 0 Å². The normalized spacial score (nSPS) is 16.3. The highest BCUT2D eigenvalue weighted by molar-refractivity contribution is 6.03. The number of amides is 1. The first kappa shape index (κ1) is 22.0. The van der Waals surface area contributed by atoms with Crippen molar-refractivity contribution in [2.45, 2.75) is 53.1 Å². The molecule has 1 amide bonds. The molecule has 0 aliphatic carbocycles. The van der Waals surface area contributed by atoms with Crippen molar-refractivity contribution in [3.05, 3.63) is 64.7 Å². The van der Waals surface area contributed by atoms with E-state index in [1.54, 1.807) is 12.1 Å². The van der Waals surface area contributed by atoms with Gasteiger partial charge < -0.3 is 4.74 Å². The van der Waals surface area contributed by atoms with Crippen molar-refractivity contribution < 1.29 is 9.53 Å². The van der Waals surface area contributed by atoms with Gasteiger partial charge in [0, 0.05) is 18.0 Å². The molecule has 1 atom stereocenters. The molecule has 5 nitrogen and oxygen atoms in total. The summed E-state index contributed by atoms with van der Waals surface area (Å²) in [7, 11) is 1.66. The van der Waals surface area contributed by atoms with Gasteiger partial charge in [0.1, 0.15) is 5.75 Å². The first-order valence-electron chi connectivity index (χ1n) is 10.7. The van der Waals surface area contributed by atoms with E-state index in [0.29, 0.717) is 19.0 Å². The van der Waals surface area contributed by atoms with E-state index in [4.69, 9.17) is 9.84 Å². The molecule has 0 aromatic heterocycles. The summed E-state index contributed by atoms with van der Waals surface area (Å²) >= 11 is 0. The van der Waals surface area contributed by atoms with Crippen LogP contribution < -0.4 is 4.74 Å². The minimum absolute atomic E-state index is 0.0364. The molecule has 30 heavy (non-hydrogen) atoms. The number of methoxy groups -OCH3 is 1. The number of ether oxygens (including phenoxy) is 1. The third-order valence-electron chi connectivity index (χ3n) is 5.84. The summed E-state index contributed by atoms with van der Waals surface area (Å²) in [6, 6.07) is 14.5. The lowest BCUT2D eigenvalue weighted by atomic mass is 9.94. The second kappa shape index (κ2) is 9.43. The number of nitrogens with zero attached hydrogens (tertiary/aromatic N) is 3. The number of rotatable bonds is 7. The Balaban J connectivity index is 1.98. The molecule has 1 aliphatic heterocycles. The van der Waals surface area contributed by atoms with Crippen molar-refractivity contribution in [1.29, 1.82) is 0 Å². The Kier molecular flexibility index (Phi) is 6.93. The fourth-order valence-electron chi connectivity index (χ4n) is 3.98. The maximum Gasteiger partial charge on any atom is 0.257 e. The lowest BCUT2D eigenvalue weighted by Crippen LogP contribution is -2.41. The largest absolute Gasteiger partial charge is 0.497 e. The summed E-state index contributed by atoms with van der Waals surface area (Å²) in [6.07, 6.45) is 0.691. The van der Waals surface area contributed by atoms with E-state index in [9.17, 15) is 4.79 Å². The summed E-state index contributed by atoms with van der Waals surface area (Å²) < 4.78 is 5.39. The summed E-state index contributed by atoms with van der Waals surface area (Å²) in [5.41, 5.74) is 5.45. The van der Waals surface area contributed by atoms with E-state index >= 15 is 0 Å². The molecule has 0 bridgehead atoms. The Labute approximate surface area is 180 Å². The molecule has 1 aliphatic rings. The molecule has 0 radical (unpaired) electrons. The van der Waals surface area contributed by atoms with Crippen LogP contribution in [-0.2, 0) is 4.79 Å². The van der Waals surface area contributed by atoms with Gasteiger partial charge in [-0.25, -0.2) is 5.01 Å². The highest BCUT2D eigenvalue weighted by Gasteiger charge is 2.34. The molecule has 2 aromatic rings. The minimum Gasteiger partial charge on any atom is -0.497 e. The van der Waals surface area contributed by atoms with Crippen molar-refractivity contribution >= 4 is 11.6 Å². The molecular formula is C25H33N3O2. The topological polar surface area (TPSA) is 45.1 Å². The van der Waals surface area contributed by atoms with Gasteiger partial charge in [-0.2, -0.15) is 5.10 Å². The van der Waals surface area contributed by atoms with Crippen LogP contribution in [0, 0.1) is 13.8 Å². The van der Waals surface area contributed by atoms with Gasteiger partial charge in [0.05, 0.1) is 25.4 Å². The average Bonchev–Trinajstić information content (AvgIpc) is 3.18. The molecular weight excluding hydrogens is 374 g/mol. The first-order valence-corrected chi connectivity index (χ1v) is 10.7. The van der Waals surface area contributed by atoms with Crippen molar-refractivity contribution in [2.24, 2.45) is 5.10 Å². The van der Waals surface area contributed by atoms with Crippen LogP contribution in [0.1, 0.15) is 55.5 Å². The second-order valence-corrected chi connectivity index (χ2v) is 8.25. The maximum atomic E-state index is 13.4. The lowest BCUT2D eigenvalue weighted by molar-refractivity contribution is -0.134. The van der Waals surface area contributed by atoms with Gasteiger partial charge in [-0.1, -0.05) is 42.8 Å².